The largest absolute Gasteiger partial charge is 0.480 e. The molecule has 0 unspecified atom stereocenters. The van der Waals surface area contributed by atoms with Crippen molar-refractivity contribution in [2.24, 2.45) is 5.73 Å². The summed E-state index contributed by atoms with van der Waals surface area (Å²) in [4.78, 5) is 36.4. The summed E-state index contributed by atoms with van der Waals surface area (Å²) >= 11 is 0. The number of hydrogen-bond acceptors (Lipinski definition) is 5. The second kappa shape index (κ2) is 9.16. The molecular formula is C26H24N2O5. The molecule has 7 nitrogen and oxygen atoms in total. The number of ketones is 1. The van der Waals surface area contributed by atoms with E-state index in [0.29, 0.717) is 24.1 Å². The van der Waals surface area contributed by atoms with Crippen LogP contribution in [0.2, 0.25) is 0 Å². The summed E-state index contributed by atoms with van der Waals surface area (Å²) < 4.78 is 12.2. The molecule has 0 bridgehead atoms. The van der Waals surface area contributed by atoms with Gasteiger partial charge >= 0.3 is 5.97 Å². The molecule has 0 aliphatic carbocycles. The van der Waals surface area contributed by atoms with Crippen molar-refractivity contribution in [3.8, 4) is 5.75 Å². The summed E-state index contributed by atoms with van der Waals surface area (Å²) in [6.07, 6.45) is 2.85. The predicted molar refractivity (Wildman–Crippen MR) is 125 cm³/mol. The first kappa shape index (κ1) is 22.1. The highest BCUT2D eigenvalue weighted by atomic mass is 16.6. The fourth-order valence-electron chi connectivity index (χ4n) is 4.18. The Kier molecular flexibility index (Phi) is 6.13. The Morgan fingerprint density at radius 1 is 1.00 bits per heavy atom. The van der Waals surface area contributed by atoms with E-state index in [1.807, 2.05) is 35.7 Å². The third-order valence-corrected chi connectivity index (χ3v) is 5.70. The molecule has 1 amide bonds. The number of esters is 1. The molecule has 2 heterocycles. The normalized spacial score (nSPS) is 11.0. The van der Waals surface area contributed by atoms with Gasteiger partial charge in [-0.3, -0.25) is 9.59 Å². The number of ether oxygens (including phenoxy) is 2. The summed E-state index contributed by atoms with van der Waals surface area (Å²) in [5, 5.41) is 2.25. The smallest absolute Gasteiger partial charge is 0.343 e. The zero-order chi connectivity index (χ0) is 23.5. The van der Waals surface area contributed by atoms with Crippen LogP contribution in [0.4, 0.5) is 0 Å². The zero-order valence-corrected chi connectivity index (χ0v) is 18.5. The maximum atomic E-state index is 12.9. The summed E-state index contributed by atoms with van der Waals surface area (Å²) in [5.41, 5.74) is 8.65. The Hall–Kier alpha value is -4.13. The maximum absolute atomic E-state index is 12.9. The first-order chi connectivity index (χ1) is 15.9. The van der Waals surface area contributed by atoms with Gasteiger partial charge in [-0.05, 0) is 40.5 Å². The lowest BCUT2D eigenvalue weighted by Gasteiger charge is -2.10. The average Bonchev–Trinajstić information content (AvgIpc) is 3.15. The lowest BCUT2D eigenvalue weighted by molar-refractivity contribution is -0.142. The number of nitrogens with zero attached hydrogens (tertiary/aromatic N) is 1. The van der Waals surface area contributed by atoms with Crippen molar-refractivity contribution in [1.29, 1.82) is 0 Å². The number of Topliss-reactive ketones (excluding diaryl/α,β-unsaturated/α-hetero) is 1. The van der Waals surface area contributed by atoms with Gasteiger partial charge in [0.1, 0.15) is 5.75 Å². The van der Waals surface area contributed by atoms with Gasteiger partial charge in [-0.15, -0.1) is 0 Å². The molecule has 7 heteroatoms. The van der Waals surface area contributed by atoms with Crippen molar-refractivity contribution < 1.29 is 23.9 Å². The monoisotopic (exact) mass is 444 g/mol. The van der Waals surface area contributed by atoms with Crippen LogP contribution in [0.5, 0.6) is 5.75 Å². The molecular weight excluding hydrogens is 420 g/mol. The number of carbonyl (C=O) groups is 3. The fourth-order valence-corrected chi connectivity index (χ4v) is 4.18. The minimum absolute atomic E-state index is 0.209. The van der Waals surface area contributed by atoms with Gasteiger partial charge in [0.25, 0.3) is 11.7 Å². The standard InChI is InChI=1S/C26H24N2O5/c1-3-19-20(14-16-10-11-17-7-4-5-8-18(17)13-16)28-12-6-9-21(33-15-22(29)32-2)24(28)23(19)25(30)26(27)31/h4-13H,3,14-15H2,1-2H3,(H2,27,31). The number of pyridine rings is 1. The van der Waals surface area contributed by atoms with Gasteiger partial charge in [-0.2, -0.15) is 0 Å². The lowest BCUT2D eigenvalue weighted by Crippen LogP contribution is -2.24. The minimum Gasteiger partial charge on any atom is -0.480 e. The number of benzene rings is 2. The number of nitrogens with two attached hydrogens (primary N) is 1. The molecule has 168 valence electrons. The fraction of sp³-hybridized carbons (Fsp3) is 0.192. The number of primary amides is 1. The third-order valence-electron chi connectivity index (χ3n) is 5.70. The molecule has 2 aromatic heterocycles. The molecule has 0 saturated heterocycles. The Morgan fingerprint density at radius 3 is 2.45 bits per heavy atom. The van der Waals surface area contributed by atoms with Crippen molar-refractivity contribution in [3.05, 3.63) is 83.2 Å². The second-order valence-electron chi connectivity index (χ2n) is 7.66. The molecule has 0 radical (unpaired) electrons. The van der Waals surface area contributed by atoms with E-state index < -0.39 is 17.7 Å². The summed E-state index contributed by atoms with van der Waals surface area (Å²) in [7, 11) is 1.27. The molecule has 2 N–H and O–H groups in total. The van der Waals surface area contributed by atoms with Crippen molar-refractivity contribution in [2.45, 2.75) is 19.8 Å². The van der Waals surface area contributed by atoms with E-state index >= 15 is 0 Å². The lowest BCUT2D eigenvalue weighted by atomic mass is 9.98. The number of hydrogen-bond donors (Lipinski definition) is 1. The van der Waals surface area contributed by atoms with Crippen LogP contribution in [0, 0.1) is 0 Å². The number of rotatable bonds is 8. The molecule has 0 aliphatic rings. The highest BCUT2D eigenvalue weighted by Gasteiger charge is 2.28. The topological polar surface area (TPSA) is 100 Å². The van der Waals surface area contributed by atoms with Crippen LogP contribution >= 0.6 is 0 Å². The highest BCUT2D eigenvalue weighted by molar-refractivity contribution is 6.44. The Morgan fingerprint density at radius 2 is 1.76 bits per heavy atom. The van der Waals surface area contributed by atoms with Gasteiger partial charge in [0.2, 0.25) is 0 Å². The van der Waals surface area contributed by atoms with Gasteiger partial charge < -0.3 is 19.6 Å². The van der Waals surface area contributed by atoms with Crippen molar-refractivity contribution >= 4 is 33.9 Å². The molecule has 4 rings (SSSR count). The minimum atomic E-state index is -1.04. The van der Waals surface area contributed by atoms with E-state index in [1.165, 1.54) is 7.11 Å². The first-order valence-corrected chi connectivity index (χ1v) is 10.6. The van der Waals surface area contributed by atoms with Crippen LogP contribution in [-0.2, 0) is 27.2 Å². The maximum Gasteiger partial charge on any atom is 0.343 e. The molecule has 0 saturated carbocycles. The van der Waals surface area contributed by atoms with Crippen molar-refractivity contribution in [3.63, 3.8) is 0 Å². The SMILES string of the molecule is CCc1c(C(=O)C(N)=O)c2c(OCC(=O)OC)cccn2c1Cc1ccc2ccccc2c1. The van der Waals surface area contributed by atoms with Gasteiger partial charge in [-0.25, -0.2) is 4.79 Å². The van der Waals surface area contributed by atoms with Crippen LogP contribution in [0.1, 0.15) is 34.1 Å². The Labute approximate surface area is 190 Å². The van der Waals surface area contributed by atoms with Crippen LogP contribution in [0.25, 0.3) is 16.3 Å². The van der Waals surface area contributed by atoms with E-state index in [0.717, 1.165) is 27.6 Å². The van der Waals surface area contributed by atoms with Crippen LogP contribution < -0.4 is 10.5 Å². The zero-order valence-electron chi connectivity index (χ0n) is 18.5. The molecule has 0 spiro atoms. The van der Waals surface area contributed by atoms with E-state index in [9.17, 15) is 14.4 Å². The Bertz CT molecular complexity index is 1390. The number of amides is 1. The van der Waals surface area contributed by atoms with Gasteiger partial charge in [0.15, 0.2) is 6.61 Å². The molecule has 0 aliphatic heterocycles. The van der Waals surface area contributed by atoms with E-state index in [4.69, 9.17) is 10.5 Å². The van der Waals surface area contributed by atoms with E-state index in [2.05, 4.69) is 29.0 Å². The quantitative estimate of drug-likeness (QED) is 0.255. The average molecular weight is 444 g/mol. The first-order valence-electron chi connectivity index (χ1n) is 10.6. The van der Waals surface area contributed by atoms with Gasteiger partial charge in [-0.1, -0.05) is 49.4 Å². The number of methoxy groups -OCH3 is 1. The summed E-state index contributed by atoms with van der Waals surface area (Å²) in [6.45, 7) is 1.60. The number of aromatic nitrogens is 1. The Balaban J connectivity index is 1.90. The van der Waals surface area contributed by atoms with Crippen LogP contribution in [0.3, 0.4) is 0 Å². The number of carbonyl (C=O) groups excluding carboxylic acids is 3. The van der Waals surface area contributed by atoms with Crippen molar-refractivity contribution in [2.75, 3.05) is 13.7 Å². The molecule has 0 atom stereocenters. The number of fused-ring (bicyclic) bond motifs is 2. The van der Waals surface area contributed by atoms with E-state index in [1.54, 1.807) is 12.1 Å². The molecule has 2 aromatic carbocycles. The van der Waals surface area contributed by atoms with Gasteiger partial charge in [0.05, 0.1) is 18.2 Å². The highest BCUT2D eigenvalue weighted by Crippen LogP contribution is 2.33. The summed E-state index contributed by atoms with van der Waals surface area (Å²) in [6, 6.07) is 17.7. The molecule has 33 heavy (non-hydrogen) atoms. The van der Waals surface area contributed by atoms with Crippen LogP contribution in [0.15, 0.2) is 60.8 Å². The van der Waals surface area contributed by atoms with Crippen molar-refractivity contribution in [1.82, 2.24) is 4.40 Å². The van der Waals surface area contributed by atoms with Gasteiger partial charge in [0, 0.05) is 18.3 Å². The second-order valence-corrected chi connectivity index (χ2v) is 7.66. The van der Waals surface area contributed by atoms with Crippen LogP contribution in [-0.4, -0.2) is 35.8 Å². The van der Waals surface area contributed by atoms with E-state index in [-0.39, 0.29) is 12.2 Å². The predicted octanol–water partition coefficient (Wildman–Crippen LogP) is 3.47. The summed E-state index contributed by atoms with van der Waals surface area (Å²) in [5.74, 6) is -2.09. The third kappa shape index (κ3) is 4.17. The molecule has 0 fully saturated rings. The molecule has 4 aromatic rings.